The summed E-state index contributed by atoms with van der Waals surface area (Å²) in [5.74, 6) is 0.852. The van der Waals surface area contributed by atoms with Crippen LogP contribution in [-0.4, -0.2) is 0 Å². The summed E-state index contributed by atoms with van der Waals surface area (Å²) in [4.78, 5) is 0. The molecule has 0 saturated carbocycles. The lowest BCUT2D eigenvalue weighted by Gasteiger charge is -2.20. The lowest BCUT2D eigenvalue weighted by Crippen LogP contribution is -2.05. The quantitative estimate of drug-likeness (QED) is 0.391. The van der Waals surface area contributed by atoms with Gasteiger partial charge in [0.1, 0.15) is 0 Å². The van der Waals surface area contributed by atoms with Crippen LogP contribution < -0.4 is 0 Å². The number of hydrogen-bond donors (Lipinski definition) is 0. The van der Waals surface area contributed by atoms with Gasteiger partial charge in [-0.05, 0) is 37.2 Å². The van der Waals surface area contributed by atoms with E-state index in [1.807, 2.05) is 0 Å². The molecule has 18 heavy (non-hydrogen) atoms. The molecule has 1 rings (SSSR count). The van der Waals surface area contributed by atoms with Crippen LogP contribution in [0.3, 0.4) is 0 Å². The Kier molecular flexibility index (Phi) is 8.98. The minimum atomic E-state index is 0.852. The minimum absolute atomic E-state index is 0.852. The molecule has 1 unspecified atom stereocenters. The lowest BCUT2D eigenvalue weighted by molar-refractivity contribution is 0.462. The Bertz CT molecular complexity index is 247. The summed E-state index contributed by atoms with van der Waals surface area (Å²) in [7, 11) is 0. The highest BCUT2D eigenvalue weighted by Gasteiger charge is 2.12. The summed E-state index contributed by atoms with van der Waals surface area (Å²) in [6, 6.07) is 0. The molecule has 0 heterocycles. The van der Waals surface area contributed by atoms with E-state index >= 15 is 0 Å². The van der Waals surface area contributed by atoms with Crippen LogP contribution in [-0.2, 0) is 0 Å². The summed E-state index contributed by atoms with van der Waals surface area (Å²) in [5, 5.41) is 0. The summed E-state index contributed by atoms with van der Waals surface area (Å²) >= 11 is 0. The van der Waals surface area contributed by atoms with E-state index in [4.69, 9.17) is 0 Å². The van der Waals surface area contributed by atoms with Gasteiger partial charge in [-0.25, -0.2) is 0 Å². The molecule has 0 nitrogen and oxygen atoms in total. The first kappa shape index (κ1) is 15.5. The molecular weight excluding hydrogens is 216 g/mol. The third-order valence-electron chi connectivity index (χ3n) is 4.06. The summed E-state index contributed by atoms with van der Waals surface area (Å²) in [6.07, 6.45) is 22.4. The van der Waals surface area contributed by atoms with Gasteiger partial charge >= 0.3 is 0 Å². The van der Waals surface area contributed by atoms with Gasteiger partial charge in [0, 0.05) is 0 Å². The predicted molar refractivity (Wildman–Crippen MR) is 82.8 cm³/mol. The average Bonchev–Trinajstić information content (AvgIpc) is 2.42. The zero-order valence-electron chi connectivity index (χ0n) is 12.6. The van der Waals surface area contributed by atoms with Gasteiger partial charge in [-0.1, -0.05) is 77.0 Å². The fraction of sp³-hybridized carbons (Fsp3) is 0.778. The van der Waals surface area contributed by atoms with Crippen molar-refractivity contribution in [2.24, 2.45) is 5.92 Å². The Morgan fingerprint density at radius 1 is 0.889 bits per heavy atom. The van der Waals surface area contributed by atoms with Crippen molar-refractivity contribution in [1.82, 2.24) is 0 Å². The average molecular weight is 248 g/mol. The first-order valence-electron chi connectivity index (χ1n) is 8.25. The van der Waals surface area contributed by atoms with E-state index in [0.717, 1.165) is 5.92 Å². The van der Waals surface area contributed by atoms with Crippen LogP contribution in [0.1, 0.15) is 84.5 Å². The largest absolute Gasteiger partial charge is 0.0840 e. The van der Waals surface area contributed by atoms with E-state index in [9.17, 15) is 0 Å². The maximum absolute atomic E-state index is 2.50. The molecule has 0 fully saturated rings. The van der Waals surface area contributed by atoms with Gasteiger partial charge < -0.3 is 0 Å². The Balaban J connectivity index is 2.36. The molecule has 1 aliphatic carbocycles. The Morgan fingerprint density at radius 3 is 2.17 bits per heavy atom. The van der Waals surface area contributed by atoms with Crippen molar-refractivity contribution in [1.29, 1.82) is 0 Å². The molecule has 1 aliphatic rings. The van der Waals surface area contributed by atoms with Gasteiger partial charge in [-0.3, -0.25) is 0 Å². The molecule has 0 saturated heterocycles. The fourth-order valence-corrected chi connectivity index (χ4v) is 2.87. The Labute approximate surface area is 115 Å². The highest BCUT2D eigenvalue weighted by atomic mass is 14.2. The first-order chi connectivity index (χ1) is 8.88. The molecule has 0 aliphatic heterocycles. The monoisotopic (exact) mass is 248 g/mol. The summed E-state index contributed by atoms with van der Waals surface area (Å²) < 4.78 is 0. The van der Waals surface area contributed by atoms with Crippen molar-refractivity contribution in [3.05, 3.63) is 23.8 Å². The fourth-order valence-electron chi connectivity index (χ4n) is 2.87. The third kappa shape index (κ3) is 6.42. The third-order valence-corrected chi connectivity index (χ3v) is 4.06. The predicted octanol–water partition coefficient (Wildman–Crippen LogP) is 6.43. The molecule has 0 aromatic heterocycles. The smallest absolute Gasteiger partial charge is 0.0165 e. The van der Waals surface area contributed by atoms with Crippen LogP contribution in [0, 0.1) is 5.92 Å². The SMILES string of the molecule is CCCCCCC(CCCCC)C1=CCCC=C1. The summed E-state index contributed by atoms with van der Waals surface area (Å²) in [6.45, 7) is 4.60. The zero-order chi connectivity index (χ0) is 13.1. The first-order valence-corrected chi connectivity index (χ1v) is 8.25. The normalized spacial score (nSPS) is 16.7. The number of unbranched alkanes of at least 4 members (excludes halogenated alkanes) is 5. The van der Waals surface area contributed by atoms with E-state index in [-0.39, 0.29) is 0 Å². The van der Waals surface area contributed by atoms with Gasteiger partial charge in [-0.2, -0.15) is 0 Å². The van der Waals surface area contributed by atoms with Crippen molar-refractivity contribution < 1.29 is 0 Å². The number of rotatable bonds is 10. The van der Waals surface area contributed by atoms with Gasteiger partial charge in [-0.15, -0.1) is 0 Å². The molecule has 0 N–H and O–H groups in total. The Hall–Kier alpha value is -0.520. The lowest BCUT2D eigenvalue weighted by atomic mass is 9.85. The van der Waals surface area contributed by atoms with Gasteiger partial charge in [0.25, 0.3) is 0 Å². The van der Waals surface area contributed by atoms with Crippen LogP contribution in [0.15, 0.2) is 23.8 Å². The molecule has 0 bridgehead atoms. The molecular formula is C18H32. The molecule has 0 aromatic carbocycles. The number of hydrogen-bond acceptors (Lipinski definition) is 0. The molecule has 0 heteroatoms. The van der Waals surface area contributed by atoms with Crippen molar-refractivity contribution in [3.63, 3.8) is 0 Å². The zero-order valence-corrected chi connectivity index (χ0v) is 12.6. The minimum Gasteiger partial charge on any atom is -0.0840 e. The van der Waals surface area contributed by atoms with Crippen LogP contribution in [0.2, 0.25) is 0 Å². The van der Waals surface area contributed by atoms with Crippen LogP contribution in [0.4, 0.5) is 0 Å². The second kappa shape index (κ2) is 10.4. The second-order valence-electron chi connectivity index (χ2n) is 5.73. The maximum Gasteiger partial charge on any atom is -0.0165 e. The molecule has 0 radical (unpaired) electrons. The molecule has 0 amide bonds. The van der Waals surface area contributed by atoms with Crippen molar-refractivity contribution in [3.8, 4) is 0 Å². The van der Waals surface area contributed by atoms with Gasteiger partial charge in [0.2, 0.25) is 0 Å². The van der Waals surface area contributed by atoms with Crippen LogP contribution in [0.5, 0.6) is 0 Å². The Morgan fingerprint density at radius 2 is 1.56 bits per heavy atom. The van der Waals surface area contributed by atoms with E-state index < -0.39 is 0 Å². The molecule has 104 valence electrons. The van der Waals surface area contributed by atoms with E-state index in [2.05, 4.69) is 32.1 Å². The maximum atomic E-state index is 2.50. The van der Waals surface area contributed by atoms with Gasteiger partial charge in [0.05, 0.1) is 0 Å². The topological polar surface area (TPSA) is 0 Å². The van der Waals surface area contributed by atoms with Crippen LogP contribution in [0.25, 0.3) is 0 Å². The highest BCUT2D eigenvalue weighted by Crippen LogP contribution is 2.28. The summed E-state index contributed by atoms with van der Waals surface area (Å²) in [5.41, 5.74) is 1.65. The van der Waals surface area contributed by atoms with E-state index in [0.29, 0.717) is 0 Å². The van der Waals surface area contributed by atoms with Gasteiger partial charge in [0.15, 0.2) is 0 Å². The van der Waals surface area contributed by atoms with E-state index in [1.54, 1.807) is 5.57 Å². The van der Waals surface area contributed by atoms with Crippen molar-refractivity contribution in [2.75, 3.05) is 0 Å². The van der Waals surface area contributed by atoms with Crippen molar-refractivity contribution >= 4 is 0 Å². The molecule has 1 atom stereocenters. The van der Waals surface area contributed by atoms with Crippen LogP contribution >= 0.6 is 0 Å². The van der Waals surface area contributed by atoms with Crippen molar-refractivity contribution in [2.45, 2.75) is 84.5 Å². The van der Waals surface area contributed by atoms with E-state index in [1.165, 1.54) is 70.6 Å². The molecule has 0 aromatic rings. The standard InChI is InChI=1S/C18H32/c1-3-5-7-10-14-17(13-9-6-4-2)18-15-11-8-12-16-18/h11,15-17H,3-10,12-14H2,1-2H3. The highest BCUT2D eigenvalue weighted by molar-refractivity contribution is 5.24. The molecule has 0 spiro atoms. The second-order valence-corrected chi connectivity index (χ2v) is 5.73. The number of allylic oxidation sites excluding steroid dienone is 4.